The second kappa shape index (κ2) is 12.9. The molecule has 0 aliphatic heterocycles. The Morgan fingerprint density at radius 1 is 0.923 bits per heavy atom. The van der Waals surface area contributed by atoms with Gasteiger partial charge in [-0.05, 0) is 41.7 Å². The topological polar surface area (TPSA) is 114 Å². The summed E-state index contributed by atoms with van der Waals surface area (Å²) in [5.41, 5.74) is 5.43. The van der Waals surface area contributed by atoms with E-state index in [0.717, 1.165) is 27.8 Å². The number of alkyl carbamates (subject to hydrolysis) is 1. The van der Waals surface area contributed by atoms with Crippen molar-refractivity contribution in [2.75, 3.05) is 13.2 Å². The zero-order valence-electron chi connectivity index (χ0n) is 21.9. The first-order valence-electron chi connectivity index (χ1n) is 12.8. The van der Waals surface area contributed by atoms with E-state index < -0.39 is 30.1 Å². The van der Waals surface area contributed by atoms with Crippen molar-refractivity contribution < 1.29 is 29.0 Å². The SMILES string of the molecule is C/C(=C\CNC(=O)C(NC(=O)OCC1c2ccccc2-c2ccccc21)C(C)OCc1ccccc1)C(=O)O. The van der Waals surface area contributed by atoms with Crippen molar-refractivity contribution in [1.82, 2.24) is 10.6 Å². The number of carbonyl (C=O) groups is 3. The molecule has 8 heteroatoms. The van der Waals surface area contributed by atoms with Crippen LogP contribution in [0.25, 0.3) is 11.1 Å². The fourth-order valence-electron chi connectivity index (χ4n) is 4.56. The summed E-state index contributed by atoms with van der Waals surface area (Å²) in [5, 5.41) is 14.3. The number of ether oxygens (including phenoxy) is 2. The molecular formula is C31H32N2O6. The number of aliphatic carboxylic acids is 1. The molecule has 3 aromatic rings. The van der Waals surface area contributed by atoms with E-state index in [-0.39, 0.29) is 31.2 Å². The summed E-state index contributed by atoms with van der Waals surface area (Å²) in [5.74, 6) is -1.71. The summed E-state index contributed by atoms with van der Waals surface area (Å²) in [6.07, 6.45) is -0.0558. The highest BCUT2D eigenvalue weighted by Crippen LogP contribution is 2.44. The van der Waals surface area contributed by atoms with Gasteiger partial charge in [-0.25, -0.2) is 9.59 Å². The van der Waals surface area contributed by atoms with Gasteiger partial charge < -0.3 is 25.2 Å². The Balaban J connectivity index is 1.42. The monoisotopic (exact) mass is 528 g/mol. The molecule has 0 spiro atoms. The molecule has 0 saturated carbocycles. The number of fused-ring (bicyclic) bond motifs is 3. The Labute approximate surface area is 227 Å². The van der Waals surface area contributed by atoms with Crippen LogP contribution in [0.3, 0.4) is 0 Å². The van der Waals surface area contributed by atoms with E-state index in [1.54, 1.807) is 6.92 Å². The van der Waals surface area contributed by atoms with Crippen molar-refractivity contribution >= 4 is 18.0 Å². The maximum atomic E-state index is 13.0. The average molecular weight is 529 g/mol. The first-order chi connectivity index (χ1) is 18.8. The first-order valence-corrected chi connectivity index (χ1v) is 12.8. The maximum Gasteiger partial charge on any atom is 0.407 e. The third-order valence-corrected chi connectivity index (χ3v) is 6.75. The zero-order chi connectivity index (χ0) is 27.8. The number of carboxylic acid groups (broad SMARTS) is 1. The highest BCUT2D eigenvalue weighted by atomic mass is 16.5. The average Bonchev–Trinajstić information content (AvgIpc) is 3.27. The second-order valence-corrected chi connectivity index (χ2v) is 9.39. The molecule has 0 saturated heterocycles. The van der Waals surface area contributed by atoms with Gasteiger partial charge in [0.1, 0.15) is 12.6 Å². The minimum absolute atomic E-state index is 0.00869. The predicted molar refractivity (Wildman–Crippen MR) is 147 cm³/mol. The van der Waals surface area contributed by atoms with Crippen LogP contribution >= 0.6 is 0 Å². The minimum atomic E-state index is -1.07. The molecule has 2 unspecified atom stereocenters. The second-order valence-electron chi connectivity index (χ2n) is 9.39. The molecule has 0 fully saturated rings. The summed E-state index contributed by atoms with van der Waals surface area (Å²) in [4.78, 5) is 37.0. The number of rotatable bonds is 11. The van der Waals surface area contributed by atoms with Crippen LogP contribution in [0, 0.1) is 0 Å². The molecule has 0 aromatic heterocycles. The number of carbonyl (C=O) groups excluding carboxylic acids is 2. The summed E-state index contributed by atoms with van der Waals surface area (Å²) < 4.78 is 11.5. The predicted octanol–water partition coefficient (Wildman–Crippen LogP) is 4.65. The van der Waals surface area contributed by atoms with Gasteiger partial charge in [0.15, 0.2) is 0 Å². The van der Waals surface area contributed by atoms with Crippen LogP contribution in [0.5, 0.6) is 0 Å². The normalized spacial score (nSPS) is 14.1. The van der Waals surface area contributed by atoms with E-state index in [0.29, 0.717) is 0 Å². The maximum absolute atomic E-state index is 13.0. The highest BCUT2D eigenvalue weighted by Gasteiger charge is 2.31. The van der Waals surface area contributed by atoms with Crippen LogP contribution in [0.4, 0.5) is 4.79 Å². The fraction of sp³-hybridized carbons (Fsp3) is 0.258. The van der Waals surface area contributed by atoms with Gasteiger partial charge in [0.25, 0.3) is 0 Å². The molecule has 3 N–H and O–H groups in total. The van der Waals surface area contributed by atoms with Crippen LogP contribution < -0.4 is 10.6 Å². The number of hydrogen-bond acceptors (Lipinski definition) is 5. The van der Waals surface area contributed by atoms with E-state index in [4.69, 9.17) is 14.6 Å². The lowest BCUT2D eigenvalue weighted by atomic mass is 9.98. The molecule has 8 nitrogen and oxygen atoms in total. The third-order valence-electron chi connectivity index (χ3n) is 6.75. The Morgan fingerprint density at radius 2 is 1.51 bits per heavy atom. The van der Waals surface area contributed by atoms with Gasteiger partial charge in [-0.2, -0.15) is 0 Å². The van der Waals surface area contributed by atoms with Crippen LogP contribution in [-0.4, -0.2) is 48.4 Å². The Hall–Kier alpha value is -4.43. The summed E-state index contributed by atoms with van der Waals surface area (Å²) in [6.45, 7) is 3.47. The van der Waals surface area contributed by atoms with Gasteiger partial charge in [-0.3, -0.25) is 4.79 Å². The molecule has 39 heavy (non-hydrogen) atoms. The lowest BCUT2D eigenvalue weighted by molar-refractivity contribution is -0.132. The fourth-order valence-corrected chi connectivity index (χ4v) is 4.56. The quantitative estimate of drug-likeness (QED) is 0.312. The van der Waals surface area contributed by atoms with Gasteiger partial charge in [-0.15, -0.1) is 0 Å². The van der Waals surface area contributed by atoms with Crippen molar-refractivity contribution in [2.45, 2.75) is 38.5 Å². The molecule has 1 aliphatic rings. The smallest absolute Gasteiger partial charge is 0.407 e. The number of nitrogens with one attached hydrogen (secondary N) is 2. The Kier molecular flexibility index (Phi) is 9.12. The molecule has 0 heterocycles. The van der Waals surface area contributed by atoms with E-state index in [2.05, 4.69) is 22.8 Å². The summed E-state index contributed by atoms with van der Waals surface area (Å²) in [6, 6.07) is 24.5. The number of hydrogen-bond donors (Lipinski definition) is 3. The third kappa shape index (κ3) is 6.91. The summed E-state index contributed by atoms with van der Waals surface area (Å²) >= 11 is 0. The van der Waals surface area contributed by atoms with Crippen LogP contribution in [0.2, 0.25) is 0 Å². The van der Waals surface area contributed by atoms with E-state index in [1.165, 1.54) is 13.0 Å². The van der Waals surface area contributed by atoms with E-state index in [1.807, 2.05) is 66.7 Å². The van der Waals surface area contributed by atoms with Crippen molar-refractivity contribution in [3.63, 3.8) is 0 Å². The summed E-state index contributed by atoms with van der Waals surface area (Å²) in [7, 11) is 0. The molecule has 4 rings (SSSR count). The molecule has 2 amide bonds. The van der Waals surface area contributed by atoms with Gasteiger partial charge in [0.05, 0.1) is 12.7 Å². The molecule has 0 radical (unpaired) electrons. The van der Waals surface area contributed by atoms with Crippen LogP contribution in [-0.2, 0) is 25.7 Å². The zero-order valence-corrected chi connectivity index (χ0v) is 21.9. The van der Waals surface area contributed by atoms with Gasteiger partial charge in [0, 0.05) is 18.0 Å². The van der Waals surface area contributed by atoms with Gasteiger partial charge in [-0.1, -0.05) is 84.9 Å². The largest absolute Gasteiger partial charge is 0.478 e. The molecule has 2 atom stereocenters. The van der Waals surface area contributed by atoms with Crippen LogP contribution in [0.1, 0.15) is 36.5 Å². The minimum Gasteiger partial charge on any atom is -0.478 e. The van der Waals surface area contributed by atoms with Crippen molar-refractivity contribution in [3.8, 4) is 11.1 Å². The van der Waals surface area contributed by atoms with E-state index in [9.17, 15) is 14.4 Å². The van der Waals surface area contributed by atoms with Gasteiger partial charge in [0.2, 0.25) is 5.91 Å². The number of carboxylic acids is 1. The van der Waals surface area contributed by atoms with Gasteiger partial charge >= 0.3 is 12.1 Å². The Morgan fingerprint density at radius 3 is 2.13 bits per heavy atom. The molecule has 202 valence electrons. The van der Waals surface area contributed by atoms with Crippen molar-refractivity contribution in [2.24, 2.45) is 0 Å². The lowest BCUT2D eigenvalue weighted by Gasteiger charge is -2.25. The number of amides is 2. The number of benzene rings is 3. The lowest BCUT2D eigenvalue weighted by Crippen LogP contribution is -2.53. The molecule has 1 aliphatic carbocycles. The highest BCUT2D eigenvalue weighted by molar-refractivity contribution is 5.87. The van der Waals surface area contributed by atoms with Crippen molar-refractivity contribution in [1.29, 1.82) is 0 Å². The Bertz CT molecular complexity index is 1310. The first kappa shape index (κ1) is 27.6. The van der Waals surface area contributed by atoms with E-state index >= 15 is 0 Å². The van der Waals surface area contributed by atoms with Crippen LogP contribution in [0.15, 0.2) is 90.5 Å². The standard InChI is InChI=1S/C31H32N2O6/c1-20(30(35)36)16-17-32-29(34)28(21(2)38-18-22-10-4-3-5-11-22)33-31(37)39-19-27-25-14-8-6-12-23(25)24-13-7-9-15-26(24)27/h3-16,21,27-28H,17-19H2,1-2H3,(H,32,34)(H,33,37)(H,35,36)/b20-16+. The molecule has 3 aromatic carbocycles. The molecule has 0 bridgehead atoms. The molecular weight excluding hydrogens is 496 g/mol. The van der Waals surface area contributed by atoms with Crippen molar-refractivity contribution in [3.05, 3.63) is 107 Å².